The quantitative estimate of drug-likeness (QED) is 0.824. The predicted molar refractivity (Wildman–Crippen MR) is 80.6 cm³/mol. The van der Waals surface area contributed by atoms with Crippen LogP contribution in [0.5, 0.6) is 0 Å². The topological polar surface area (TPSA) is 36.9 Å². The second-order valence-electron chi connectivity index (χ2n) is 4.40. The van der Waals surface area contributed by atoms with Crippen LogP contribution in [0.3, 0.4) is 0 Å². The molecule has 5 heteroatoms. The lowest BCUT2D eigenvalue weighted by molar-refractivity contribution is 0.290. The van der Waals surface area contributed by atoms with E-state index in [1.54, 1.807) is 0 Å². The number of hydrogen-bond donors (Lipinski definition) is 1. The van der Waals surface area contributed by atoms with Gasteiger partial charge in [0.15, 0.2) is 10.6 Å². The van der Waals surface area contributed by atoms with Crippen LogP contribution in [0.4, 0.5) is 0 Å². The summed E-state index contributed by atoms with van der Waals surface area (Å²) in [6.45, 7) is 8.32. The summed E-state index contributed by atoms with van der Waals surface area (Å²) in [5.41, 5.74) is 1.09. The molecule has 1 N–H and O–H groups in total. The molecule has 102 valence electrons. The van der Waals surface area contributed by atoms with E-state index in [4.69, 9.17) is 12.2 Å². The Morgan fingerprint density at radius 1 is 1.21 bits per heavy atom. The number of hydrogen-bond acceptors (Lipinski definition) is 3. The summed E-state index contributed by atoms with van der Waals surface area (Å²) in [6.07, 6.45) is 0. The number of aromatic nitrogens is 3. The van der Waals surface area contributed by atoms with E-state index in [9.17, 15) is 0 Å². The molecule has 0 aliphatic heterocycles. The third-order valence-corrected chi connectivity index (χ3v) is 3.64. The van der Waals surface area contributed by atoms with Crippen LogP contribution >= 0.6 is 12.2 Å². The fraction of sp³-hybridized carbons (Fsp3) is 0.429. The number of nitrogens with one attached hydrogen (secondary N) is 1. The van der Waals surface area contributed by atoms with Gasteiger partial charge < -0.3 is 4.90 Å². The summed E-state index contributed by atoms with van der Waals surface area (Å²) >= 11 is 5.32. The van der Waals surface area contributed by atoms with E-state index >= 15 is 0 Å². The van der Waals surface area contributed by atoms with E-state index in [0.29, 0.717) is 4.77 Å². The molecule has 0 amide bonds. The molecule has 1 heterocycles. The maximum atomic E-state index is 5.32. The zero-order valence-electron chi connectivity index (χ0n) is 11.5. The molecule has 1 aromatic heterocycles. The summed E-state index contributed by atoms with van der Waals surface area (Å²) in [6, 6.07) is 10.1. The first kappa shape index (κ1) is 14.0. The Hall–Kier alpha value is -1.46. The first-order valence-corrected chi connectivity index (χ1v) is 7.10. The van der Waals surface area contributed by atoms with Crippen LogP contribution in [-0.2, 0) is 6.54 Å². The van der Waals surface area contributed by atoms with Gasteiger partial charge in [-0.1, -0.05) is 44.2 Å². The molecule has 0 aliphatic rings. The number of likely N-dealkylation sites (N-methyl/N-ethyl adjacent to an activating group) is 1. The van der Waals surface area contributed by atoms with Crippen molar-refractivity contribution in [2.45, 2.75) is 20.4 Å². The predicted octanol–water partition coefficient (Wildman–Crippen LogP) is 2.95. The standard InChI is InChI=1S/C14H20N4S/c1-3-17(4-2)10-11-18-13(15-16-14(18)19)12-8-6-5-7-9-12/h5-9H,3-4,10-11H2,1-2H3,(H,16,19). The monoisotopic (exact) mass is 276 g/mol. The Kier molecular flexibility index (Phi) is 4.87. The molecular weight excluding hydrogens is 256 g/mol. The van der Waals surface area contributed by atoms with Crippen LogP contribution < -0.4 is 0 Å². The minimum atomic E-state index is 0.686. The van der Waals surface area contributed by atoms with Gasteiger partial charge in [0, 0.05) is 18.7 Å². The first-order chi connectivity index (χ1) is 9.26. The van der Waals surface area contributed by atoms with E-state index in [0.717, 1.165) is 37.6 Å². The molecular formula is C14H20N4S. The molecule has 0 atom stereocenters. The van der Waals surface area contributed by atoms with Crippen LogP contribution in [0.15, 0.2) is 30.3 Å². The third kappa shape index (κ3) is 3.30. The molecule has 0 fully saturated rings. The fourth-order valence-corrected chi connectivity index (χ4v) is 2.34. The van der Waals surface area contributed by atoms with Gasteiger partial charge in [0.25, 0.3) is 0 Å². The summed E-state index contributed by atoms with van der Waals surface area (Å²) < 4.78 is 2.76. The fourth-order valence-electron chi connectivity index (χ4n) is 2.11. The van der Waals surface area contributed by atoms with Gasteiger partial charge in [-0.3, -0.25) is 9.67 Å². The summed E-state index contributed by atoms with van der Waals surface area (Å²) in [7, 11) is 0. The molecule has 0 spiro atoms. The van der Waals surface area contributed by atoms with E-state index in [1.807, 2.05) is 18.2 Å². The third-order valence-electron chi connectivity index (χ3n) is 3.32. The van der Waals surface area contributed by atoms with Crippen molar-refractivity contribution in [3.63, 3.8) is 0 Å². The number of aromatic amines is 1. The van der Waals surface area contributed by atoms with Gasteiger partial charge in [0.2, 0.25) is 0 Å². The highest BCUT2D eigenvalue weighted by atomic mass is 32.1. The molecule has 0 bridgehead atoms. The number of H-pyrrole nitrogens is 1. The van der Waals surface area contributed by atoms with Gasteiger partial charge in [-0.25, -0.2) is 0 Å². The molecule has 0 radical (unpaired) electrons. The van der Waals surface area contributed by atoms with Crippen LogP contribution in [0.1, 0.15) is 13.8 Å². The minimum absolute atomic E-state index is 0.686. The van der Waals surface area contributed by atoms with Crippen molar-refractivity contribution in [1.82, 2.24) is 19.7 Å². The summed E-state index contributed by atoms with van der Waals surface area (Å²) in [5.74, 6) is 0.915. The molecule has 2 rings (SSSR count). The lowest BCUT2D eigenvalue weighted by Gasteiger charge is -2.18. The van der Waals surface area contributed by atoms with Crippen molar-refractivity contribution in [2.24, 2.45) is 0 Å². The number of benzene rings is 1. The zero-order valence-corrected chi connectivity index (χ0v) is 12.3. The maximum Gasteiger partial charge on any atom is 0.195 e. The SMILES string of the molecule is CCN(CC)CCn1c(-c2ccccc2)n[nH]c1=S. The highest BCUT2D eigenvalue weighted by molar-refractivity contribution is 7.71. The molecule has 0 saturated carbocycles. The highest BCUT2D eigenvalue weighted by Crippen LogP contribution is 2.16. The number of nitrogens with zero attached hydrogens (tertiary/aromatic N) is 3. The Balaban J connectivity index is 2.21. The van der Waals surface area contributed by atoms with Crippen molar-refractivity contribution in [1.29, 1.82) is 0 Å². The molecule has 1 aromatic carbocycles. The van der Waals surface area contributed by atoms with Gasteiger partial charge in [-0.15, -0.1) is 0 Å². The van der Waals surface area contributed by atoms with Crippen LogP contribution in [0, 0.1) is 4.77 Å². The highest BCUT2D eigenvalue weighted by Gasteiger charge is 2.09. The average molecular weight is 276 g/mol. The van der Waals surface area contributed by atoms with Crippen molar-refractivity contribution in [2.75, 3.05) is 19.6 Å². The van der Waals surface area contributed by atoms with Crippen LogP contribution in [0.25, 0.3) is 11.4 Å². The largest absolute Gasteiger partial charge is 0.302 e. The second kappa shape index (κ2) is 6.63. The van der Waals surface area contributed by atoms with Crippen molar-refractivity contribution >= 4 is 12.2 Å². The molecule has 0 saturated heterocycles. The minimum Gasteiger partial charge on any atom is -0.302 e. The zero-order chi connectivity index (χ0) is 13.7. The normalized spacial score (nSPS) is 11.1. The molecule has 2 aromatic rings. The van der Waals surface area contributed by atoms with Gasteiger partial charge in [0.1, 0.15) is 0 Å². The van der Waals surface area contributed by atoms with Gasteiger partial charge in [-0.2, -0.15) is 5.10 Å². The summed E-state index contributed by atoms with van der Waals surface area (Å²) in [5, 5.41) is 7.24. The Morgan fingerprint density at radius 3 is 2.53 bits per heavy atom. The Morgan fingerprint density at radius 2 is 1.89 bits per heavy atom. The van der Waals surface area contributed by atoms with E-state index < -0.39 is 0 Å². The van der Waals surface area contributed by atoms with Gasteiger partial charge in [-0.05, 0) is 25.3 Å². The molecule has 4 nitrogen and oxygen atoms in total. The van der Waals surface area contributed by atoms with E-state index in [1.165, 1.54) is 0 Å². The molecule has 19 heavy (non-hydrogen) atoms. The lowest BCUT2D eigenvalue weighted by atomic mass is 10.2. The Bertz CT molecular complexity index is 554. The first-order valence-electron chi connectivity index (χ1n) is 6.69. The molecule has 0 aliphatic carbocycles. The van der Waals surface area contributed by atoms with E-state index in [-0.39, 0.29) is 0 Å². The van der Waals surface area contributed by atoms with Gasteiger partial charge >= 0.3 is 0 Å². The van der Waals surface area contributed by atoms with E-state index in [2.05, 4.69) is 45.6 Å². The smallest absolute Gasteiger partial charge is 0.195 e. The van der Waals surface area contributed by atoms with Crippen LogP contribution in [0.2, 0.25) is 0 Å². The average Bonchev–Trinajstić information content (AvgIpc) is 2.82. The van der Waals surface area contributed by atoms with Gasteiger partial charge in [0.05, 0.1) is 0 Å². The van der Waals surface area contributed by atoms with Crippen LogP contribution in [-0.4, -0.2) is 39.3 Å². The Labute approximate surface area is 119 Å². The van der Waals surface area contributed by atoms with Crippen molar-refractivity contribution in [3.8, 4) is 11.4 Å². The molecule has 0 unspecified atom stereocenters. The maximum absolute atomic E-state index is 5.32. The number of rotatable bonds is 6. The van der Waals surface area contributed by atoms with Crippen molar-refractivity contribution < 1.29 is 0 Å². The van der Waals surface area contributed by atoms with Crippen molar-refractivity contribution in [3.05, 3.63) is 35.1 Å². The second-order valence-corrected chi connectivity index (χ2v) is 4.78. The summed E-state index contributed by atoms with van der Waals surface area (Å²) in [4.78, 5) is 2.38. The lowest BCUT2D eigenvalue weighted by Crippen LogP contribution is -2.27.